The van der Waals surface area contributed by atoms with Crippen LogP contribution in [0.5, 0.6) is 0 Å². The molecule has 20 heavy (non-hydrogen) atoms. The first kappa shape index (κ1) is 15.3. The van der Waals surface area contributed by atoms with Crippen LogP contribution in [-0.2, 0) is 16.4 Å². The average Bonchev–Trinajstić information content (AvgIpc) is 2.79. The van der Waals surface area contributed by atoms with Crippen molar-refractivity contribution < 1.29 is 8.42 Å². The molecule has 1 atom stereocenters. The zero-order chi connectivity index (χ0) is 14.8. The van der Waals surface area contributed by atoms with Gasteiger partial charge in [-0.25, -0.2) is 13.1 Å². The molecule has 1 aromatic carbocycles. The van der Waals surface area contributed by atoms with Crippen molar-refractivity contribution in [2.45, 2.75) is 24.3 Å². The van der Waals surface area contributed by atoms with Crippen molar-refractivity contribution >= 4 is 38.6 Å². The molecule has 0 saturated heterocycles. The molecule has 7 heteroatoms. The number of anilines is 1. The summed E-state index contributed by atoms with van der Waals surface area (Å²) in [6.45, 7) is 1.81. The minimum atomic E-state index is -3.73. The van der Waals surface area contributed by atoms with Gasteiger partial charge in [-0.3, -0.25) is 0 Å². The number of rotatable bonds is 5. The quantitative estimate of drug-likeness (QED) is 0.828. The van der Waals surface area contributed by atoms with E-state index in [0.29, 0.717) is 6.42 Å². The molecule has 3 N–H and O–H groups in total. The summed E-state index contributed by atoms with van der Waals surface area (Å²) in [6, 6.07) is 6.37. The Hall–Kier alpha value is -1.08. The van der Waals surface area contributed by atoms with Crippen LogP contribution in [0, 0.1) is 0 Å². The maximum atomic E-state index is 12.3. The third kappa shape index (κ3) is 3.52. The van der Waals surface area contributed by atoms with Crippen molar-refractivity contribution in [3.05, 3.63) is 45.6 Å². The molecule has 0 bridgehead atoms. The van der Waals surface area contributed by atoms with E-state index in [1.54, 1.807) is 17.4 Å². The van der Waals surface area contributed by atoms with E-state index in [2.05, 4.69) is 4.72 Å². The van der Waals surface area contributed by atoms with Gasteiger partial charge in [0.15, 0.2) is 0 Å². The Kier molecular flexibility index (Phi) is 4.70. The second-order valence-corrected chi connectivity index (χ2v) is 7.35. The first-order valence-corrected chi connectivity index (χ1v) is 8.78. The summed E-state index contributed by atoms with van der Waals surface area (Å²) >= 11 is 7.53. The molecule has 2 aromatic rings. The third-order valence-electron chi connectivity index (χ3n) is 2.74. The molecule has 2 rings (SSSR count). The lowest BCUT2D eigenvalue weighted by Crippen LogP contribution is -2.34. The lowest BCUT2D eigenvalue weighted by molar-refractivity contribution is 0.560. The number of nitrogens with two attached hydrogens (primary N) is 1. The van der Waals surface area contributed by atoms with Gasteiger partial charge in [0.05, 0.1) is 10.7 Å². The molecule has 0 aliphatic heterocycles. The molecule has 0 fully saturated rings. The van der Waals surface area contributed by atoms with Crippen LogP contribution in [0.25, 0.3) is 0 Å². The standard InChI is InChI=1S/C13H15ClN2O2S2/c1-9(7-10-5-6-19-8-10)16-20(17,18)13-11(14)3-2-4-12(13)15/h2-6,8-9,16H,7,15H2,1H3. The molecule has 1 heterocycles. The second kappa shape index (κ2) is 6.13. The Morgan fingerprint density at radius 3 is 2.75 bits per heavy atom. The Morgan fingerprint density at radius 1 is 1.40 bits per heavy atom. The normalized spacial score (nSPS) is 13.3. The molecule has 0 aliphatic rings. The van der Waals surface area contributed by atoms with Crippen molar-refractivity contribution in [3.8, 4) is 0 Å². The van der Waals surface area contributed by atoms with Crippen molar-refractivity contribution in [1.82, 2.24) is 4.72 Å². The Balaban J connectivity index is 2.19. The fraction of sp³-hybridized carbons (Fsp3) is 0.231. The van der Waals surface area contributed by atoms with Gasteiger partial charge in [-0.05, 0) is 47.9 Å². The number of hydrogen-bond donors (Lipinski definition) is 2. The van der Waals surface area contributed by atoms with Gasteiger partial charge in [0.2, 0.25) is 10.0 Å². The zero-order valence-corrected chi connectivity index (χ0v) is 13.2. The van der Waals surface area contributed by atoms with Crippen LogP contribution in [0.1, 0.15) is 12.5 Å². The van der Waals surface area contributed by atoms with Crippen molar-refractivity contribution in [2.24, 2.45) is 0 Å². The fourth-order valence-corrected chi connectivity index (χ4v) is 4.54. The van der Waals surface area contributed by atoms with Gasteiger partial charge in [0.1, 0.15) is 4.90 Å². The molecular formula is C13H15ClN2O2S2. The molecule has 4 nitrogen and oxygen atoms in total. The topological polar surface area (TPSA) is 72.2 Å². The summed E-state index contributed by atoms with van der Waals surface area (Å²) in [5, 5.41) is 4.08. The Bertz CT molecular complexity index is 664. The van der Waals surface area contributed by atoms with Crippen LogP contribution in [0.2, 0.25) is 5.02 Å². The fourth-order valence-electron chi connectivity index (χ4n) is 1.94. The predicted molar refractivity (Wildman–Crippen MR) is 83.7 cm³/mol. The first-order chi connectivity index (χ1) is 9.40. The van der Waals surface area contributed by atoms with Crippen LogP contribution in [0.15, 0.2) is 39.9 Å². The van der Waals surface area contributed by atoms with Gasteiger partial charge in [0, 0.05) is 6.04 Å². The van der Waals surface area contributed by atoms with Gasteiger partial charge in [-0.15, -0.1) is 0 Å². The molecule has 108 valence electrons. The molecular weight excluding hydrogens is 316 g/mol. The third-order valence-corrected chi connectivity index (χ3v) is 5.61. The maximum absolute atomic E-state index is 12.3. The van der Waals surface area contributed by atoms with Crippen LogP contribution in [0.3, 0.4) is 0 Å². The van der Waals surface area contributed by atoms with Gasteiger partial charge in [-0.1, -0.05) is 17.7 Å². The summed E-state index contributed by atoms with van der Waals surface area (Å²) in [5.41, 5.74) is 6.96. The lowest BCUT2D eigenvalue weighted by Gasteiger charge is -2.15. The SMILES string of the molecule is CC(Cc1ccsc1)NS(=O)(=O)c1c(N)cccc1Cl. The lowest BCUT2D eigenvalue weighted by atomic mass is 10.1. The van der Waals surface area contributed by atoms with E-state index in [-0.39, 0.29) is 21.6 Å². The second-order valence-electron chi connectivity index (χ2n) is 4.52. The van der Waals surface area contributed by atoms with E-state index in [4.69, 9.17) is 17.3 Å². The minimum Gasteiger partial charge on any atom is -0.398 e. The number of benzene rings is 1. The average molecular weight is 331 g/mol. The highest BCUT2D eigenvalue weighted by Crippen LogP contribution is 2.27. The molecule has 0 saturated carbocycles. The van der Waals surface area contributed by atoms with Gasteiger partial charge < -0.3 is 5.73 Å². The number of nitrogen functional groups attached to an aromatic ring is 1. The number of halogens is 1. The molecule has 0 amide bonds. The monoisotopic (exact) mass is 330 g/mol. The summed E-state index contributed by atoms with van der Waals surface area (Å²) in [5.74, 6) is 0. The molecule has 1 aromatic heterocycles. The highest BCUT2D eigenvalue weighted by Gasteiger charge is 2.23. The van der Waals surface area contributed by atoms with E-state index in [0.717, 1.165) is 5.56 Å². The minimum absolute atomic E-state index is 0.0566. The van der Waals surface area contributed by atoms with Crippen LogP contribution >= 0.6 is 22.9 Å². The van der Waals surface area contributed by atoms with Gasteiger partial charge in [-0.2, -0.15) is 11.3 Å². The highest BCUT2D eigenvalue weighted by molar-refractivity contribution is 7.89. The smallest absolute Gasteiger partial charge is 0.244 e. The predicted octanol–water partition coefficient (Wildman–Crippen LogP) is 2.89. The maximum Gasteiger partial charge on any atom is 0.244 e. The van der Waals surface area contributed by atoms with E-state index in [1.807, 2.05) is 23.8 Å². The van der Waals surface area contributed by atoms with E-state index in [1.165, 1.54) is 12.1 Å². The number of sulfonamides is 1. The van der Waals surface area contributed by atoms with Crippen molar-refractivity contribution in [3.63, 3.8) is 0 Å². The van der Waals surface area contributed by atoms with Crippen molar-refractivity contribution in [1.29, 1.82) is 0 Å². The van der Waals surface area contributed by atoms with Crippen LogP contribution < -0.4 is 10.5 Å². The molecule has 0 radical (unpaired) electrons. The van der Waals surface area contributed by atoms with Crippen LogP contribution in [0.4, 0.5) is 5.69 Å². The summed E-state index contributed by atoms with van der Waals surface area (Å²) in [7, 11) is -3.73. The number of hydrogen-bond acceptors (Lipinski definition) is 4. The van der Waals surface area contributed by atoms with Gasteiger partial charge in [0.25, 0.3) is 0 Å². The summed E-state index contributed by atoms with van der Waals surface area (Å²) in [4.78, 5) is -0.0566. The van der Waals surface area contributed by atoms with Crippen molar-refractivity contribution in [2.75, 3.05) is 5.73 Å². The zero-order valence-electron chi connectivity index (χ0n) is 10.8. The molecule has 0 spiro atoms. The number of nitrogens with one attached hydrogen (secondary N) is 1. The van der Waals surface area contributed by atoms with Gasteiger partial charge >= 0.3 is 0 Å². The largest absolute Gasteiger partial charge is 0.398 e. The Labute approximate surface area is 127 Å². The van der Waals surface area contributed by atoms with E-state index in [9.17, 15) is 8.42 Å². The van der Waals surface area contributed by atoms with E-state index < -0.39 is 10.0 Å². The summed E-state index contributed by atoms with van der Waals surface area (Å²) in [6.07, 6.45) is 0.618. The van der Waals surface area contributed by atoms with E-state index >= 15 is 0 Å². The Morgan fingerprint density at radius 2 is 2.15 bits per heavy atom. The first-order valence-electron chi connectivity index (χ1n) is 5.97. The highest BCUT2D eigenvalue weighted by atomic mass is 35.5. The molecule has 0 aliphatic carbocycles. The number of thiophene rings is 1. The summed E-state index contributed by atoms with van der Waals surface area (Å²) < 4.78 is 27.3. The van der Waals surface area contributed by atoms with Crippen LogP contribution in [-0.4, -0.2) is 14.5 Å². The molecule has 1 unspecified atom stereocenters.